The number of aromatic nitrogens is 1. The van der Waals surface area contributed by atoms with Gasteiger partial charge in [0.1, 0.15) is 10.8 Å². The van der Waals surface area contributed by atoms with E-state index in [0.717, 1.165) is 54.7 Å². The minimum Gasteiger partial charge on any atom is -0.497 e. The van der Waals surface area contributed by atoms with Gasteiger partial charge < -0.3 is 9.64 Å². The maximum atomic E-state index is 12.4. The van der Waals surface area contributed by atoms with Crippen molar-refractivity contribution in [2.24, 2.45) is 5.41 Å². The number of rotatable bonds is 5. The van der Waals surface area contributed by atoms with Crippen molar-refractivity contribution in [2.75, 3.05) is 33.3 Å². The van der Waals surface area contributed by atoms with Gasteiger partial charge in [0.05, 0.1) is 12.8 Å². The Labute approximate surface area is 166 Å². The maximum Gasteiger partial charge on any atom is 0.223 e. The third-order valence-electron chi connectivity index (χ3n) is 4.68. The van der Waals surface area contributed by atoms with Gasteiger partial charge in [-0.2, -0.15) is 0 Å². The summed E-state index contributed by atoms with van der Waals surface area (Å²) < 4.78 is 5.21. The molecule has 2 aromatic rings. The molecule has 1 aromatic carbocycles. The topological polar surface area (TPSA) is 45.7 Å². The Bertz CT molecular complexity index is 756. The molecule has 0 bridgehead atoms. The second-order valence-corrected chi connectivity index (χ2v) is 9.12. The fourth-order valence-corrected chi connectivity index (χ4v) is 4.01. The molecule has 27 heavy (non-hydrogen) atoms. The van der Waals surface area contributed by atoms with E-state index in [-0.39, 0.29) is 11.3 Å². The molecule has 6 heteroatoms. The molecule has 1 aliphatic heterocycles. The summed E-state index contributed by atoms with van der Waals surface area (Å²) in [5.41, 5.74) is 2.26. The van der Waals surface area contributed by atoms with Gasteiger partial charge in [0, 0.05) is 50.1 Å². The van der Waals surface area contributed by atoms with Crippen LogP contribution >= 0.6 is 11.3 Å². The molecule has 0 radical (unpaired) electrons. The van der Waals surface area contributed by atoms with Crippen LogP contribution in [0.15, 0.2) is 29.6 Å². The Hall–Kier alpha value is -1.92. The Balaban J connectivity index is 1.52. The zero-order valence-electron chi connectivity index (χ0n) is 16.7. The molecular formula is C21H29N3O2S. The Kier molecular flexibility index (Phi) is 6.17. The number of thiazole rings is 1. The number of nitrogens with zero attached hydrogens (tertiary/aromatic N) is 3. The highest BCUT2D eigenvalue weighted by Gasteiger charge is 2.25. The van der Waals surface area contributed by atoms with Crippen LogP contribution in [0.25, 0.3) is 10.6 Å². The number of ether oxygens (including phenoxy) is 1. The summed E-state index contributed by atoms with van der Waals surface area (Å²) in [6, 6.07) is 8.01. The summed E-state index contributed by atoms with van der Waals surface area (Å²) >= 11 is 1.67. The summed E-state index contributed by atoms with van der Waals surface area (Å²) in [5.74, 6) is 1.13. The van der Waals surface area contributed by atoms with E-state index >= 15 is 0 Å². The molecule has 3 rings (SSSR count). The van der Waals surface area contributed by atoms with Crippen molar-refractivity contribution in [3.8, 4) is 16.3 Å². The van der Waals surface area contributed by atoms with E-state index in [2.05, 4.69) is 31.1 Å². The van der Waals surface area contributed by atoms with E-state index in [9.17, 15) is 4.79 Å². The molecule has 0 saturated carbocycles. The first-order valence-corrected chi connectivity index (χ1v) is 10.3. The predicted molar refractivity (Wildman–Crippen MR) is 110 cm³/mol. The molecule has 0 aliphatic carbocycles. The van der Waals surface area contributed by atoms with E-state index in [1.165, 1.54) is 0 Å². The number of carbonyl (C=O) groups is 1. The lowest BCUT2D eigenvalue weighted by molar-refractivity contribution is -0.134. The summed E-state index contributed by atoms with van der Waals surface area (Å²) in [6.45, 7) is 10.6. The van der Waals surface area contributed by atoms with Gasteiger partial charge in [-0.1, -0.05) is 20.8 Å². The quantitative estimate of drug-likeness (QED) is 0.781. The second-order valence-electron chi connectivity index (χ2n) is 8.27. The van der Waals surface area contributed by atoms with Crippen LogP contribution in [-0.4, -0.2) is 54.0 Å². The van der Waals surface area contributed by atoms with Gasteiger partial charge in [-0.25, -0.2) is 4.98 Å². The minimum atomic E-state index is 0.0483. The zero-order chi connectivity index (χ0) is 19.4. The number of piperazine rings is 1. The van der Waals surface area contributed by atoms with Crippen molar-refractivity contribution in [2.45, 2.75) is 33.7 Å². The van der Waals surface area contributed by atoms with Gasteiger partial charge in [-0.3, -0.25) is 9.69 Å². The number of amides is 1. The van der Waals surface area contributed by atoms with Gasteiger partial charge in [0.2, 0.25) is 5.91 Å². The highest BCUT2D eigenvalue weighted by Crippen LogP contribution is 2.26. The van der Waals surface area contributed by atoms with Crippen LogP contribution in [0.3, 0.4) is 0 Å². The Morgan fingerprint density at radius 1 is 1.15 bits per heavy atom. The Morgan fingerprint density at radius 2 is 1.81 bits per heavy atom. The molecule has 146 valence electrons. The van der Waals surface area contributed by atoms with Gasteiger partial charge in [0.25, 0.3) is 0 Å². The van der Waals surface area contributed by atoms with Crippen LogP contribution in [-0.2, 0) is 11.3 Å². The van der Waals surface area contributed by atoms with Gasteiger partial charge >= 0.3 is 0 Å². The van der Waals surface area contributed by atoms with E-state index in [0.29, 0.717) is 6.42 Å². The molecule has 1 aliphatic rings. The lowest BCUT2D eigenvalue weighted by Gasteiger charge is -2.35. The molecule has 0 unspecified atom stereocenters. The van der Waals surface area contributed by atoms with Gasteiger partial charge in [-0.15, -0.1) is 11.3 Å². The number of carbonyl (C=O) groups excluding carboxylic acids is 1. The lowest BCUT2D eigenvalue weighted by Crippen LogP contribution is -2.48. The first-order chi connectivity index (χ1) is 12.8. The number of benzene rings is 1. The minimum absolute atomic E-state index is 0.0483. The lowest BCUT2D eigenvalue weighted by atomic mass is 9.91. The first kappa shape index (κ1) is 19.8. The molecule has 2 heterocycles. The van der Waals surface area contributed by atoms with Crippen LogP contribution in [0, 0.1) is 5.41 Å². The fraction of sp³-hybridized carbons (Fsp3) is 0.524. The molecule has 5 nitrogen and oxygen atoms in total. The van der Waals surface area contributed by atoms with Gasteiger partial charge in [-0.05, 0) is 29.7 Å². The molecule has 1 amide bonds. The average molecular weight is 388 g/mol. The summed E-state index contributed by atoms with van der Waals surface area (Å²) in [6.07, 6.45) is 0.615. The normalized spacial score (nSPS) is 15.8. The van der Waals surface area contributed by atoms with Crippen LogP contribution in [0.5, 0.6) is 5.75 Å². The van der Waals surface area contributed by atoms with Crippen LogP contribution in [0.2, 0.25) is 0 Å². The number of methoxy groups -OCH3 is 1. The molecule has 1 saturated heterocycles. The number of hydrogen-bond acceptors (Lipinski definition) is 5. The summed E-state index contributed by atoms with van der Waals surface area (Å²) in [7, 11) is 1.67. The van der Waals surface area contributed by atoms with Crippen molar-refractivity contribution in [1.82, 2.24) is 14.8 Å². The highest BCUT2D eigenvalue weighted by atomic mass is 32.1. The SMILES string of the molecule is COc1ccc(-c2nc(CN3CCN(C(=O)CC(C)(C)C)CC3)cs2)cc1. The van der Waals surface area contributed by atoms with E-state index < -0.39 is 0 Å². The zero-order valence-corrected chi connectivity index (χ0v) is 17.5. The molecule has 0 atom stereocenters. The molecule has 0 spiro atoms. The fourth-order valence-electron chi connectivity index (χ4n) is 3.20. The average Bonchev–Trinajstić information content (AvgIpc) is 3.09. The third-order valence-corrected chi connectivity index (χ3v) is 5.62. The monoisotopic (exact) mass is 387 g/mol. The second kappa shape index (κ2) is 8.40. The smallest absolute Gasteiger partial charge is 0.223 e. The van der Waals surface area contributed by atoms with Crippen LogP contribution in [0.1, 0.15) is 32.9 Å². The third kappa shape index (κ3) is 5.53. The first-order valence-electron chi connectivity index (χ1n) is 9.43. The molecule has 1 fully saturated rings. The van der Waals surface area contributed by atoms with Crippen molar-refractivity contribution < 1.29 is 9.53 Å². The van der Waals surface area contributed by atoms with E-state index in [1.54, 1.807) is 18.4 Å². The predicted octanol–water partition coefficient (Wildman–Crippen LogP) is 3.90. The van der Waals surface area contributed by atoms with Crippen LogP contribution in [0.4, 0.5) is 0 Å². The van der Waals surface area contributed by atoms with Crippen molar-refractivity contribution in [3.05, 3.63) is 35.3 Å². The Morgan fingerprint density at radius 3 is 2.41 bits per heavy atom. The largest absolute Gasteiger partial charge is 0.497 e. The molecule has 1 aromatic heterocycles. The summed E-state index contributed by atoms with van der Waals surface area (Å²) in [5, 5.41) is 3.17. The van der Waals surface area contributed by atoms with Gasteiger partial charge in [0.15, 0.2) is 0 Å². The van der Waals surface area contributed by atoms with Crippen molar-refractivity contribution in [1.29, 1.82) is 0 Å². The van der Waals surface area contributed by atoms with E-state index in [1.807, 2.05) is 29.2 Å². The standard InChI is InChI=1S/C21H29N3O2S/c1-21(2,3)13-19(25)24-11-9-23(10-12-24)14-17-15-27-20(22-17)16-5-7-18(26-4)8-6-16/h5-8,15H,9-14H2,1-4H3. The maximum absolute atomic E-state index is 12.4. The van der Waals surface area contributed by atoms with Crippen molar-refractivity contribution >= 4 is 17.2 Å². The molecule has 0 N–H and O–H groups in total. The van der Waals surface area contributed by atoms with E-state index in [4.69, 9.17) is 9.72 Å². The number of hydrogen-bond donors (Lipinski definition) is 0. The van der Waals surface area contributed by atoms with Crippen molar-refractivity contribution in [3.63, 3.8) is 0 Å². The highest BCUT2D eigenvalue weighted by molar-refractivity contribution is 7.13. The summed E-state index contributed by atoms with van der Waals surface area (Å²) in [4.78, 5) is 21.5. The van der Waals surface area contributed by atoms with Crippen LogP contribution < -0.4 is 4.74 Å². The molecular weight excluding hydrogens is 358 g/mol.